The second-order valence-corrected chi connectivity index (χ2v) is 10.7. The molecular formula is C16H17O4PS2. The minimum atomic E-state index is -2.69. The number of rotatable bonds is 8. The van der Waals surface area contributed by atoms with Crippen molar-refractivity contribution in [3.05, 3.63) is 60.7 Å². The molecule has 0 unspecified atom stereocenters. The Kier molecular flexibility index (Phi) is 6.96. The first-order valence-electron chi connectivity index (χ1n) is 6.92. The average Bonchev–Trinajstić information content (AvgIpc) is 2.56. The SMILES string of the molecule is COC(=O)CCSP(=S)(Oc1ccccc1)Oc1ccccc1. The maximum Gasteiger partial charge on any atom is 0.348 e. The Morgan fingerprint density at radius 1 is 1.00 bits per heavy atom. The summed E-state index contributed by atoms with van der Waals surface area (Å²) in [5, 5.41) is 0. The molecule has 0 heterocycles. The van der Waals surface area contributed by atoms with Crippen LogP contribution in [0.3, 0.4) is 0 Å². The Labute approximate surface area is 145 Å². The number of hydrogen-bond acceptors (Lipinski definition) is 6. The summed E-state index contributed by atoms with van der Waals surface area (Å²) in [5.74, 6) is 1.50. The van der Waals surface area contributed by atoms with Crippen LogP contribution in [0.25, 0.3) is 0 Å². The van der Waals surface area contributed by atoms with Crippen LogP contribution < -0.4 is 9.05 Å². The van der Waals surface area contributed by atoms with Gasteiger partial charge >= 0.3 is 11.7 Å². The number of ether oxygens (including phenoxy) is 1. The Morgan fingerprint density at radius 2 is 1.48 bits per heavy atom. The van der Waals surface area contributed by atoms with Gasteiger partial charge < -0.3 is 13.8 Å². The Morgan fingerprint density at radius 3 is 1.91 bits per heavy atom. The van der Waals surface area contributed by atoms with Crippen LogP contribution >= 0.6 is 17.1 Å². The van der Waals surface area contributed by atoms with Crippen LogP contribution in [0, 0.1) is 0 Å². The molecule has 0 fully saturated rings. The molecule has 0 amide bonds. The van der Waals surface area contributed by atoms with Crippen molar-refractivity contribution in [2.45, 2.75) is 6.42 Å². The van der Waals surface area contributed by atoms with Crippen LogP contribution in [0.5, 0.6) is 11.5 Å². The van der Waals surface area contributed by atoms with Gasteiger partial charge in [0.1, 0.15) is 11.5 Å². The molecule has 4 nitrogen and oxygen atoms in total. The van der Waals surface area contributed by atoms with Crippen LogP contribution in [0.4, 0.5) is 0 Å². The van der Waals surface area contributed by atoms with Gasteiger partial charge in [-0.15, -0.1) is 0 Å². The fourth-order valence-corrected chi connectivity index (χ4v) is 5.98. The van der Waals surface area contributed by atoms with Gasteiger partial charge in [0, 0.05) is 5.75 Å². The van der Waals surface area contributed by atoms with Crippen LogP contribution in [0.1, 0.15) is 6.42 Å². The van der Waals surface area contributed by atoms with E-state index in [0.29, 0.717) is 17.3 Å². The van der Waals surface area contributed by atoms with Gasteiger partial charge in [0.15, 0.2) is 0 Å². The summed E-state index contributed by atoms with van der Waals surface area (Å²) in [4.78, 5) is 11.3. The lowest BCUT2D eigenvalue weighted by atomic mass is 10.3. The first-order chi connectivity index (χ1) is 11.1. The Hall–Kier alpha value is -1.49. The van der Waals surface area contributed by atoms with Crippen molar-refractivity contribution in [1.82, 2.24) is 0 Å². The summed E-state index contributed by atoms with van der Waals surface area (Å²) in [6.45, 7) is 0. The van der Waals surface area contributed by atoms with E-state index in [4.69, 9.17) is 20.9 Å². The minimum Gasteiger partial charge on any atom is -0.469 e. The molecule has 0 spiro atoms. The van der Waals surface area contributed by atoms with E-state index in [1.165, 1.54) is 18.5 Å². The molecule has 0 bridgehead atoms. The lowest BCUT2D eigenvalue weighted by molar-refractivity contribution is -0.140. The predicted molar refractivity (Wildman–Crippen MR) is 97.5 cm³/mol. The van der Waals surface area contributed by atoms with Crippen molar-refractivity contribution < 1.29 is 18.6 Å². The van der Waals surface area contributed by atoms with E-state index in [1.807, 2.05) is 60.7 Å². The molecule has 2 aromatic rings. The Bertz CT molecular complexity index is 619. The molecule has 2 rings (SSSR count). The number of carbonyl (C=O) groups is 1. The quantitative estimate of drug-likeness (QED) is 0.499. The molecule has 0 aromatic heterocycles. The summed E-state index contributed by atoms with van der Waals surface area (Å²) in [7, 11) is 1.37. The van der Waals surface area contributed by atoms with E-state index in [-0.39, 0.29) is 12.4 Å². The van der Waals surface area contributed by atoms with Crippen molar-refractivity contribution in [3.8, 4) is 11.5 Å². The van der Waals surface area contributed by atoms with E-state index in [2.05, 4.69) is 4.74 Å². The molecule has 0 saturated heterocycles. The van der Waals surface area contributed by atoms with Gasteiger partial charge in [0.05, 0.1) is 13.5 Å². The molecule has 23 heavy (non-hydrogen) atoms. The monoisotopic (exact) mass is 368 g/mol. The number of esters is 1. The number of carbonyl (C=O) groups excluding carboxylic acids is 1. The van der Waals surface area contributed by atoms with Crippen molar-refractivity contribution in [2.24, 2.45) is 0 Å². The van der Waals surface area contributed by atoms with Crippen LogP contribution in [-0.4, -0.2) is 18.8 Å². The van der Waals surface area contributed by atoms with E-state index < -0.39 is 5.69 Å². The first-order valence-corrected chi connectivity index (χ1v) is 11.1. The summed E-state index contributed by atoms with van der Waals surface area (Å²) < 4.78 is 16.5. The molecule has 0 aliphatic carbocycles. The van der Waals surface area contributed by atoms with Gasteiger partial charge in [-0.3, -0.25) is 4.79 Å². The minimum absolute atomic E-state index is 0.260. The highest BCUT2D eigenvalue weighted by molar-refractivity contribution is 8.68. The molecular weight excluding hydrogens is 351 g/mol. The molecule has 0 atom stereocenters. The normalized spacial score (nSPS) is 10.8. The van der Waals surface area contributed by atoms with Crippen LogP contribution in [0.15, 0.2) is 60.7 Å². The van der Waals surface area contributed by atoms with Crippen LogP contribution in [0.2, 0.25) is 0 Å². The van der Waals surface area contributed by atoms with Gasteiger partial charge in [-0.05, 0) is 47.5 Å². The summed E-state index contributed by atoms with van der Waals surface area (Å²) >= 11 is 6.97. The topological polar surface area (TPSA) is 44.8 Å². The molecule has 122 valence electrons. The standard InChI is InChI=1S/C16H17O4PS2/c1-18-16(17)12-13-23-21(22,19-14-8-4-2-5-9-14)20-15-10-6-3-7-11-15/h2-11H,12-13H2,1H3. The number of para-hydroxylation sites is 2. The van der Waals surface area contributed by atoms with Crippen molar-refractivity contribution in [2.75, 3.05) is 12.9 Å². The molecule has 0 aliphatic rings. The smallest absolute Gasteiger partial charge is 0.348 e. The van der Waals surface area contributed by atoms with Crippen molar-refractivity contribution in [1.29, 1.82) is 0 Å². The third-order valence-electron chi connectivity index (χ3n) is 2.70. The van der Waals surface area contributed by atoms with E-state index in [0.717, 1.165) is 0 Å². The molecule has 0 saturated carbocycles. The average molecular weight is 368 g/mol. The molecule has 0 radical (unpaired) electrons. The van der Waals surface area contributed by atoms with Crippen molar-refractivity contribution in [3.63, 3.8) is 0 Å². The fourth-order valence-electron chi connectivity index (χ4n) is 1.64. The molecule has 7 heteroatoms. The molecule has 0 N–H and O–H groups in total. The van der Waals surface area contributed by atoms with Gasteiger partial charge in [0.25, 0.3) is 0 Å². The highest BCUT2D eigenvalue weighted by atomic mass is 32.9. The summed E-state index contributed by atoms with van der Waals surface area (Å²) in [6.07, 6.45) is 0.260. The fraction of sp³-hybridized carbons (Fsp3) is 0.188. The Balaban J connectivity index is 2.09. The number of methoxy groups -OCH3 is 1. The van der Waals surface area contributed by atoms with E-state index in [1.54, 1.807) is 0 Å². The first kappa shape index (κ1) is 17.9. The van der Waals surface area contributed by atoms with Gasteiger partial charge in [-0.2, -0.15) is 0 Å². The predicted octanol–water partition coefficient (Wildman–Crippen LogP) is 4.67. The van der Waals surface area contributed by atoms with Crippen LogP contribution in [-0.2, 0) is 21.3 Å². The zero-order valence-corrected chi connectivity index (χ0v) is 15.1. The third-order valence-corrected chi connectivity index (χ3v) is 7.62. The van der Waals surface area contributed by atoms with E-state index in [9.17, 15) is 4.79 Å². The van der Waals surface area contributed by atoms with Gasteiger partial charge in [-0.25, -0.2) is 0 Å². The highest BCUT2D eigenvalue weighted by Gasteiger charge is 2.24. The number of benzene rings is 2. The lowest BCUT2D eigenvalue weighted by Crippen LogP contribution is -2.03. The van der Waals surface area contributed by atoms with Gasteiger partial charge in [-0.1, -0.05) is 36.4 Å². The molecule has 0 aliphatic heterocycles. The maximum atomic E-state index is 11.3. The van der Waals surface area contributed by atoms with E-state index >= 15 is 0 Å². The lowest BCUT2D eigenvalue weighted by Gasteiger charge is -2.22. The highest BCUT2D eigenvalue weighted by Crippen LogP contribution is 2.60. The second-order valence-electron chi connectivity index (χ2n) is 4.42. The second kappa shape index (κ2) is 8.96. The molecule has 2 aromatic carbocycles. The third kappa shape index (κ3) is 6.26. The largest absolute Gasteiger partial charge is 0.469 e. The summed E-state index contributed by atoms with van der Waals surface area (Å²) in [5.41, 5.74) is -2.69. The number of hydrogen-bond donors (Lipinski definition) is 0. The summed E-state index contributed by atoms with van der Waals surface area (Å²) in [6, 6.07) is 18.6. The zero-order chi connectivity index (χ0) is 16.5. The maximum absolute atomic E-state index is 11.3. The van der Waals surface area contributed by atoms with Gasteiger partial charge in [0.2, 0.25) is 0 Å². The zero-order valence-electron chi connectivity index (χ0n) is 12.6. The van der Waals surface area contributed by atoms with Crippen molar-refractivity contribution >= 4 is 34.9 Å².